The van der Waals surface area contributed by atoms with E-state index in [0.29, 0.717) is 12.1 Å². The largest absolute Gasteiger partial charge is 0.353 e. The van der Waals surface area contributed by atoms with Gasteiger partial charge in [-0.3, -0.25) is 0 Å². The highest BCUT2D eigenvalue weighted by atomic mass is 15.2. The predicted octanol–water partition coefficient (Wildman–Crippen LogP) is 3.62. The molecule has 3 heteroatoms. The third kappa shape index (κ3) is 3.00. The van der Waals surface area contributed by atoms with Crippen LogP contribution in [0.15, 0.2) is 6.20 Å². The fraction of sp³-hybridized carbons (Fsp3) is 0.769. The lowest BCUT2D eigenvalue weighted by atomic mass is 9.88. The summed E-state index contributed by atoms with van der Waals surface area (Å²) in [6.45, 7) is 15.3. The van der Waals surface area contributed by atoms with Crippen molar-refractivity contribution in [3.8, 4) is 0 Å². The van der Waals surface area contributed by atoms with Crippen LogP contribution in [-0.2, 0) is 0 Å². The molecule has 0 saturated heterocycles. The summed E-state index contributed by atoms with van der Waals surface area (Å²) >= 11 is 0. The summed E-state index contributed by atoms with van der Waals surface area (Å²) in [5.74, 6) is 0.981. The molecule has 1 atom stereocenters. The predicted molar refractivity (Wildman–Crippen MR) is 69.9 cm³/mol. The zero-order valence-corrected chi connectivity index (χ0v) is 11.6. The second-order valence-corrected chi connectivity index (χ2v) is 5.95. The standard InChI is InChI=1S/C13H25N3/c1-9(2)14-12-15-10(3)8-16(12)11(4)13(5,6)7/h8-9,11H,1-7H3,(H,14,15). The molecular weight excluding hydrogens is 198 g/mol. The minimum Gasteiger partial charge on any atom is -0.353 e. The summed E-state index contributed by atoms with van der Waals surface area (Å²) in [4.78, 5) is 4.54. The number of hydrogen-bond acceptors (Lipinski definition) is 2. The van der Waals surface area contributed by atoms with E-state index in [2.05, 4.69) is 62.6 Å². The zero-order valence-electron chi connectivity index (χ0n) is 11.6. The minimum absolute atomic E-state index is 0.237. The smallest absolute Gasteiger partial charge is 0.203 e. The molecule has 92 valence electrons. The number of aromatic nitrogens is 2. The third-order valence-corrected chi connectivity index (χ3v) is 2.94. The van der Waals surface area contributed by atoms with Gasteiger partial charge >= 0.3 is 0 Å². The molecule has 0 radical (unpaired) electrons. The van der Waals surface area contributed by atoms with Gasteiger partial charge in [0.05, 0.1) is 5.69 Å². The number of imidazole rings is 1. The Morgan fingerprint density at radius 3 is 2.25 bits per heavy atom. The first-order valence-electron chi connectivity index (χ1n) is 6.04. The minimum atomic E-state index is 0.237. The van der Waals surface area contributed by atoms with Crippen molar-refractivity contribution in [3.63, 3.8) is 0 Å². The lowest BCUT2D eigenvalue weighted by Crippen LogP contribution is -2.24. The number of nitrogens with one attached hydrogen (secondary N) is 1. The summed E-state index contributed by atoms with van der Waals surface area (Å²) in [6, 6.07) is 0.836. The topological polar surface area (TPSA) is 29.9 Å². The SMILES string of the molecule is Cc1cn(C(C)C(C)(C)C)c(NC(C)C)n1. The van der Waals surface area contributed by atoms with Crippen LogP contribution in [0.1, 0.15) is 53.3 Å². The van der Waals surface area contributed by atoms with Crippen LogP contribution in [0.5, 0.6) is 0 Å². The van der Waals surface area contributed by atoms with Crippen LogP contribution in [-0.4, -0.2) is 15.6 Å². The Bertz CT molecular complexity index is 345. The summed E-state index contributed by atoms with van der Waals surface area (Å²) < 4.78 is 2.25. The summed E-state index contributed by atoms with van der Waals surface area (Å²) in [5.41, 5.74) is 1.31. The molecule has 0 bridgehead atoms. The van der Waals surface area contributed by atoms with Crippen molar-refractivity contribution in [2.75, 3.05) is 5.32 Å². The van der Waals surface area contributed by atoms with E-state index in [-0.39, 0.29) is 5.41 Å². The fourth-order valence-corrected chi connectivity index (χ4v) is 1.59. The van der Waals surface area contributed by atoms with E-state index in [1.807, 2.05) is 6.92 Å². The van der Waals surface area contributed by atoms with Gasteiger partial charge in [-0.2, -0.15) is 0 Å². The summed E-state index contributed by atoms with van der Waals surface area (Å²) in [6.07, 6.45) is 2.13. The summed E-state index contributed by atoms with van der Waals surface area (Å²) in [7, 11) is 0. The van der Waals surface area contributed by atoms with E-state index >= 15 is 0 Å². The van der Waals surface area contributed by atoms with Gasteiger partial charge in [-0.05, 0) is 33.1 Å². The number of nitrogens with zero attached hydrogens (tertiary/aromatic N) is 2. The van der Waals surface area contributed by atoms with Crippen LogP contribution in [0, 0.1) is 12.3 Å². The number of hydrogen-bond donors (Lipinski definition) is 1. The molecule has 0 aromatic carbocycles. The quantitative estimate of drug-likeness (QED) is 0.848. The Balaban J connectivity index is 3.03. The lowest BCUT2D eigenvalue weighted by Gasteiger charge is -2.30. The molecule has 1 N–H and O–H groups in total. The van der Waals surface area contributed by atoms with E-state index in [1.165, 1.54) is 0 Å². The molecule has 0 amide bonds. The van der Waals surface area contributed by atoms with Crippen LogP contribution >= 0.6 is 0 Å². The highest BCUT2D eigenvalue weighted by Crippen LogP contribution is 2.32. The van der Waals surface area contributed by atoms with Crippen molar-refractivity contribution < 1.29 is 0 Å². The van der Waals surface area contributed by atoms with Crippen molar-refractivity contribution in [1.82, 2.24) is 9.55 Å². The molecule has 16 heavy (non-hydrogen) atoms. The van der Waals surface area contributed by atoms with Gasteiger partial charge in [0.1, 0.15) is 0 Å². The Morgan fingerprint density at radius 2 is 1.81 bits per heavy atom. The molecule has 3 nitrogen and oxygen atoms in total. The van der Waals surface area contributed by atoms with Crippen LogP contribution in [0.4, 0.5) is 5.95 Å². The zero-order chi connectivity index (χ0) is 12.5. The van der Waals surface area contributed by atoms with Gasteiger partial charge in [0, 0.05) is 18.3 Å². The van der Waals surface area contributed by atoms with E-state index in [9.17, 15) is 0 Å². The molecule has 1 aromatic heterocycles. The molecular formula is C13H25N3. The van der Waals surface area contributed by atoms with Gasteiger partial charge in [0.25, 0.3) is 0 Å². The van der Waals surface area contributed by atoms with Crippen LogP contribution in [0.2, 0.25) is 0 Å². The molecule has 1 aromatic rings. The van der Waals surface area contributed by atoms with E-state index in [0.717, 1.165) is 11.6 Å². The monoisotopic (exact) mass is 223 g/mol. The molecule has 0 aliphatic heterocycles. The van der Waals surface area contributed by atoms with Crippen LogP contribution in [0.3, 0.4) is 0 Å². The van der Waals surface area contributed by atoms with Crippen molar-refractivity contribution in [2.24, 2.45) is 5.41 Å². The van der Waals surface area contributed by atoms with Crippen LogP contribution in [0.25, 0.3) is 0 Å². The highest BCUT2D eigenvalue weighted by Gasteiger charge is 2.24. The van der Waals surface area contributed by atoms with Crippen molar-refractivity contribution in [1.29, 1.82) is 0 Å². The van der Waals surface area contributed by atoms with E-state index in [1.54, 1.807) is 0 Å². The molecule has 1 heterocycles. The van der Waals surface area contributed by atoms with Gasteiger partial charge in [-0.25, -0.2) is 4.98 Å². The number of aryl methyl sites for hydroxylation is 1. The molecule has 0 aliphatic carbocycles. The average molecular weight is 223 g/mol. The Kier molecular flexibility index (Phi) is 3.66. The van der Waals surface area contributed by atoms with Crippen molar-refractivity contribution in [3.05, 3.63) is 11.9 Å². The average Bonchev–Trinajstić information content (AvgIpc) is 2.42. The molecule has 1 unspecified atom stereocenters. The maximum absolute atomic E-state index is 4.54. The first kappa shape index (κ1) is 13.1. The molecule has 0 aliphatic rings. The normalized spacial score (nSPS) is 14.2. The maximum atomic E-state index is 4.54. The highest BCUT2D eigenvalue weighted by molar-refractivity contribution is 5.30. The van der Waals surface area contributed by atoms with Crippen molar-refractivity contribution >= 4 is 5.95 Å². The van der Waals surface area contributed by atoms with Gasteiger partial charge in [0.2, 0.25) is 5.95 Å². The molecule has 0 fully saturated rings. The van der Waals surface area contributed by atoms with E-state index in [4.69, 9.17) is 0 Å². The summed E-state index contributed by atoms with van der Waals surface area (Å²) in [5, 5.41) is 3.40. The molecule has 1 rings (SSSR count). The van der Waals surface area contributed by atoms with Crippen LogP contribution < -0.4 is 5.32 Å². The van der Waals surface area contributed by atoms with E-state index < -0.39 is 0 Å². The third-order valence-electron chi connectivity index (χ3n) is 2.94. The van der Waals surface area contributed by atoms with Crippen molar-refractivity contribution in [2.45, 2.75) is 60.5 Å². The lowest BCUT2D eigenvalue weighted by molar-refractivity contribution is 0.264. The Hall–Kier alpha value is -0.990. The second kappa shape index (κ2) is 4.48. The first-order chi connectivity index (χ1) is 7.21. The van der Waals surface area contributed by atoms with Gasteiger partial charge in [-0.15, -0.1) is 0 Å². The van der Waals surface area contributed by atoms with Gasteiger partial charge in [-0.1, -0.05) is 20.8 Å². The second-order valence-electron chi connectivity index (χ2n) is 5.95. The Labute approximate surface area is 99.3 Å². The number of rotatable bonds is 3. The van der Waals surface area contributed by atoms with Gasteiger partial charge in [0.15, 0.2) is 0 Å². The fourth-order valence-electron chi connectivity index (χ4n) is 1.59. The molecule has 0 spiro atoms. The first-order valence-corrected chi connectivity index (χ1v) is 6.04. The maximum Gasteiger partial charge on any atom is 0.203 e. The molecule has 0 saturated carbocycles. The van der Waals surface area contributed by atoms with Gasteiger partial charge < -0.3 is 9.88 Å². The number of anilines is 1. The Morgan fingerprint density at radius 1 is 1.25 bits per heavy atom.